The molecule has 0 aliphatic heterocycles. The minimum atomic E-state index is 0.537. The molecular weight excluding hydrogens is 358 g/mol. The predicted molar refractivity (Wildman–Crippen MR) is 109 cm³/mol. The van der Waals surface area contributed by atoms with Gasteiger partial charge in [0, 0.05) is 31.1 Å². The third kappa shape index (κ3) is 2.92. The molecule has 5 nitrogen and oxygen atoms in total. The molecule has 1 aromatic carbocycles. The maximum absolute atomic E-state index is 6.34. The van der Waals surface area contributed by atoms with E-state index >= 15 is 0 Å². The van der Waals surface area contributed by atoms with E-state index in [1.54, 1.807) is 6.20 Å². The molecule has 1 N–H and O–H groups in total. The Balaban J connectivity index is 1.53. The van der Waals surface area contributed by atoms with Gasteiger partial charge in [0.05, 0.1) is 5.69 Å². The first-order valence-electron chi connectivity index (χ1n) is 9.29. The van der Waals surface area contributed by atoms with Gasteiger partial charge in [-0.3, -0.25) is 10.1 Å². The van der Waals surface area contributed by atoms with Gasteiger partial charge in [-0.05, 0) is 48.4 Å². The number of benzene rings is 1. The summed E-state index contributed by atoms with van der Waals surface area (Å²) < 4.78 is 0. The number of fused-ring (bicyclic) bond motifs is 2. The normalized spacial score (nSPS) is 14.6. The second kappa shape index (κ2) is 6.50. The van der Waals surface area contributed by atoms with E-state index in [0.29, 0.717) is 11.2 Å². The van der Waals surface area contributed by atoms with Crippen LogP contribution in [0.2, 0.25) is 5.15 Å². The van der Waals surface area contributed by atoms with Crippen molar-refractivity contribution in [3.05, 3.63) is 59.0 Å². The van der Waals surface area contributed by atoms with Crippen molar-refractivity contribution in [3.8, 4) is 0 Å². The average molecular weight is 378 g/mol. The largest absolute Gasteiger partial charge is 0.356 e. The fourth-order valence-electron chi connectivity index (χ4n) is 3.81. The van der Waals surface area contributed by atoms with Crippen molar-refractivity contribution < 1.29 is 0 Å². The lowest BCUT2D eigenvalue weighted by Crippen LogP contribution is -2.37. The summed E-state index contributed by atoms with van der Waals surface area (Å²) in [6.45, 7) is 0. The van der Waals surface area contributed by atoms with Crippen molar-refractivity contribution in [1.82, 2.24) is 20.2 Å². The predicted octanol–water partition coefficient (Wildman–Crippen LogP) is 4.74. The van der Waals surface area contributed by atoms with Gasteiger partial charge in [-0.2, -0.15) is 5.10 Å². The SMILES string of the molecule is CN(c1nc(Cl)cc2cc(Cc3[nH]nc4cccnc34)ccc12)C1CCC1. The standard InChI is InChI=1S/C21H20ClN5/c1-27(15-4-2-5-15)21-16-8-7-13(10-14(16)12-19(22)24-21)11-18-20-17(25-26-18)6-3-9-23-20/h3,6-10,12,15H,2,4-5,11H2,1H3,(H,25,26). The van der Waals surface area contributed by atoms with E-state index in [0.717, 1.165) is 39.7 Å². The number of aromatic nitrogens is 4. The monoisotopic (exact) mass is 377 g/mol. The number of hydrogen-bond acceptors (Lipinski definition) is 4. The Hall–Kier alpha value is -2.66. The molecule has 1 saturated carbocycles. The Morgan fingerprint density at radius 3 is 2.93 bits per heavy atom. The molecule has 3 heterocycles. The Morgan fingerprint density at radius 1 is 1.22 bits per heavy atom. The van der Waals surface area contributed by atoms with Gasteiger partial charge in [-0.25, -0.2) is 4.98 Å². The maximum atomic E-state index is 6.34. The number of nitrogens with zero attached hydrogens (tertiary/aromatic N) is 4. The Kier molecular flexibility index (Phi) is 3.97. The number of anilines is 1. The third-order valence-electron chi connectivity index (χ3n) is 5.57. The van der Waals surface area contributed by atoms with Gasteiger partial charge in [0.25, 0.3) is 0 Å². The Bertz CT molecular complexity index is 1130. The highest BCUT2D eigenvalue weighted by Crippen LogP contribution is 2.33. The van der Waals surface area contributed by atoms with Crippen molar-refractivity contribution in [3.63, 3.8) is 0 Å². The fourth-order valence-corrected chi connectivity index (χ4v) is 4.01. The summed E-state index contributed by atoms with van der Waals surface area (Å²) in [5, 5.41) is 10.3. The summed E-state index contributed by atoms with van der Waals surface area (Å²) in [7, 11) is 2.12. The second-order valence-electron chi connectivity index (χ2n) is 7.27. The van der Waals surface area contributed by atoms with Gasteiger partial charge in [0.1, 0.15) is 22.0 Å². The molecule has 136 valence electrons. The van der Waals surface area contributed by atoms with E-state index in [2.05, 4.69) is 50.3 Å². The van der Waals surface area contributed by atoms with Crippen LogP contribution in [0.25, 0.3) is 21.8 Å². The molecule has 27 heavy (non-hydrogen) atoms. The highest BCUT2D eigenvalue weighted by atomic mass is 35.5. The van der Waals surface area contributed by atoms with Crippen LogP contribution < -0.4 is 4.90 Å². The number of rotatable bonds is 4. The highest BCUT2D eigenvalue weighted by Gasteiger charge is 2.24. The number of nitrogens with one attached hydrogen (secondary N) is 1. The van der Waals surface area contributed by atoms with Crippen LogP contribution in [-0.4, -0.2) is 33.3 Å². The van der Waals surface area contributed by atoms with Crippen molar-refractivity contribution in [2.75, 3.05) is 11.9 Å². The van der Waals surface area contributed by atoms with Crippen molar-refractivity contribution in [2.45, 2.75) is 31.7 Å². The molecule has 6 heteroatoms. The number of aromatic amines is 1. The summed E-state index contributed by atoms with van der Waals surface area (Å²) >= 11 is 6.34. The summed E-state index contributed by atoms with van der Waals surface area (Å²) in [4.78, 5) is 11.4. The smallest absolute Gasteiger partial charge is 0.138 e. The lowest BCUT2D eigenvalue weighted by atomic mass is 9.91. The van der Waals surface area contributed by atoms with Crippen LogP contribution in [0.1, 0.15) is 30.5 Å². The van der Waals surface area contributed by atoms with Gasteiger partial charge in [-0.1, -0.05) is 29.8 Å². The average Bonchev–Trinajstić information content (AvgIpc) is 3.02. The number of halogens is 1. The second-order valence-corrected chi connectivity index (χ2v) is 7.66. The van der Waals surface area contributed by atoms with E-state index in [1.807, 2.05) is 18.2 Å². The van der Waals surface area contributed by atoms with Gasteiger partial charge in [0.2, 0.25) is 0 Å². The first-order chi connectivity index (χ1) is 13.2. The maximum Gasteiger partial charge on any atom is 0.138 e. The molecule has 1 aliphatic rings. The van der Waals surface area contributed by atoms with Crippen LogP contribution in [0.3, 0.4) is 0 Å². The lowest BCUT2D eigenvalue weighted by molar-refractivity contribution is 0.400. The molecular formula is C21H20ClN5. The van der Waals surface area contributed by atoms with E-state index in [1.165, 1.54) is 24.8 Å². The van der Waals surface area contributed by atoms with Crippen LogP contribution in [0, 0.1) is 0 Å². The first kappa shape index (κ1) is 16.5. The van der Waals surface area contributed by atoms with Crippen LogP contribution in [0.5, 0.6) is 0 Å². The van der Waals surface area contributed by atoms with Crippen LogP contribution >= 0.6 is 11.6 Å². The van der Waals surface area contributed by atoms with Gasteiger partial charge in [-0.15, -0.1) is 0 Å². The fraction of sp³-hybridized carbons (Fsp3) is 0.286. The van der Waals surface area contributed by atoms with E-state index < -0.39 is 0 Å². The first-order valence-corrected chi connectivity index (χ1v) is 9.67. The molecule has 0 spiro atoms. The zero-order chi connectivity index (χ0) is 18.4. The molecule has 4 aromatic rings. The molecule has 1 aliphatic carbocycles. The van der Waals surface area contributed by atoms with E-state index in [4.69, 9.17) is 11.6 Å². The third-order valence-corrected chi connectivity index (χ3v) is 5.76. The molecule has 3 aromatic heterocycles. The molecule has 0 radical (unpaired) electrons. The molecule has 0 atom stereocenters. The summed E-state index contributed by atoms with van der Waals surface area (Å²) in [6.07, 6.45) is 6.30. The van der Waals surface area contributed by atoms with Crippen LogP contribution in [0.15, 0.2) is 42.6 Å². The van der Waals surface area contributed by atoms with Gasteiger partial charge >= 0.3 is 0 Å². The van der Waals surface area contributed by atoms with Gasteiger partial charge in [0.15, 0.2) is 0 Å². The highest BCUT2D eigenvalue weighted by molar-refractivity contribution is 6.30. The number of hydrogen-bond donors (Lipinski definition) is 1. The molecule has 0 amide bonds. The Morgan fingerprint density at radius 2 is 2.11 bits per heavy atom. The molecule has 0 unspecified atom stereocenters. The van der Waals surface area contributed by atoms with Crippen LogP contribution in [-0.2, 0) is 6.42 Å². The summed E-state index contributed by atoms with van der Waals surface area (Å²) in [6, 6.07) is 12.9. The molecule has 0 bridgehead atoms. The topological polar surface area (TPSA) is 57.7 Å². The van der Waals surface area contributed by atoms with Crippen molar-refractivity contribution in [1.29, 1.82) is 0 Å². The van der Waals surface area contributed by atoms with E-state index in [9.17, 15) is 0 Å². The van der Waals surface area contributed by atoms with Crippen LogP contribution in [0.4, 0.5) is 5.82 Å². The minimum absolute atomic E-state index is 0.537. The Labute approximate surface area is 162 Å². The number of H-pyrrole nitrogens is 1. The molecule has 5 rings (SSSR count). The molecule has 0 saturated heterocycles. The quantitative estimate of drug-likeness (QED) is 0.522. The zero-order valence-corrected chi connectivity index (χ0v) is 15.9. The van der Waals surface area contributed by atoms with E-state index in [-0.39, 0.29) is 0 Å². The zero-order valence-electron chi connectivity index (χ0n) is 15.1. The minimum Gasteiger partial charge on any atom is -0.356 e. The van der Waals surface area contributed by atoms with Crippen molar-refractivity contribution >= 4 is 39.2 Å². The van der Waals surface area contributed by atoms with Crippen molar-refractivity contribution in [2.24, 2.45) is 0 Å². The number of pyridine rings is 2. The summed E-state index contributed by atoms with van der Waals surface area (Å²) in [5.74, 6) is 0.974. The summed E-state index contributed by atoms with van der Waals surface area (Å²) in [5.41, 5.74) is 4.04. The molecule has 1 fully saturated rings. The lowest BCUT2D eigenvalue weighted by Gasteiger charge is -2.36. The van der Waals surface area contributed by atoms with Gasteiger partial charge < -0.3 is 4.90 Å².